The van der Waals surface area contributed by atoms with Gasteiger partial charge < -0.3 is 5.73 Å². The summed E-state index contributed by atoms with van der Waals surface area (Å²) >= 11 is 3.41. The lowest BCUT2D eigenvalue weighted by Crippen LogP contribution is -1.98. The molecule has 0 saturated heterocycles. The lowest BCUT2D eigenvalue weighted by atomic mass is 10.0. The first-order valence-electron chi connectivity index (χ1n) is 4.94. The van der Waals surface area contributed by atoms with Gasteiger partial charge in [0.15, 0.2) is 0 Å². The van der Waals surface area contributed by atoms with Crippen molar-refractivity contribution in [2.75, 3.05) is 5.73 Å². The van der Waals surface area contributed by atoms with Gasteiger partial charge in [-0.05, 0) is 40.9 Å². The molecule has 0 aliphatic carbocycles. The highest BCUT2D eigenvalue weighted by atomic mass is 79.9. The SMILES string of the molecule is Cc1cccc(C)c1-c1nc(N)cnc1Br. The highest BCUT2D eigenvalue weighted by molar-refractivity contribution is 9.10. The molecular formula is C12H12BrN3. The van der Waals surface area contributed by atoms with E-state index in [2.05, 4.69) is 51.9 Å². The van der Waals surface area contributed by atoms with Crippen LogP contribution < -0.4 is 5.73 Å². The van der Waals surface area contributed by atoms with E-state index in [9.17, 15) is 0 Å². The topological polar surface area (TPSA) is 51.8 Å². The second-order valence-electron chi connectivity index (χ2n) is 3.70. The number of hydrogen-bond acceptors (Lipinski definition) is 3. The lowest BCUT2D eigenvalue weighted by molar-refractivity contribution is 1.17. The Kier molecular flexibility index (Phi) is 2.92. The standard InChI is InChI=1S/C12H12BrN3/c1-7-4-3-5-8(2)10(7)11-12(13)15-6-9(14)16-11/h3-6H,1-2H3,(H2,14,16). The third kappa shape index (κ3) is 1.93. The minimum absolute atomic E-state index is 0.431. The van der Waals surface area contributed by atoms with Crippen molar-refractivity contribution < 1.29 is 0 Å². The van der Waals surface area contributed by atoms with Gasteiger partial charge in [0.05, 0.1) is 6.20 Å². The average molecular weight is 278 g/mol. The fourth-order valence-electron chi connectivity index (χ4n) is 1.74. The molecule has 0 fully saturated rings. The lowest BCUT2D eigenvalue weighted by Gasteiger charge is -2.10. The van der Waals surface area contributed by atoms with Crippen LogP contribution in [0.2, 0.25) is 0 Å². The fourth-order valence-corrected chi connectivity index (χ4v) is 2.12. The van der Waals surface area contributed by atoms with Gasteiger partial charge in [-0.15, -0.1) is 0 Å². The van der Waals surface area contributed by atoms with Crippen LogP contribution in [0.1, 0.15) is 11.1 Å². The van der Waals surface area contributed by atoms with Crippen LogP contribution in [0.5, 0.6) is 0 Å². The third-order valence-electron chi connectivity index (χ3n) is 2.46. The number of nitrogens with two attached hydrogens (primary N) is 1. The number of aryl methyl sites for hydroxylation is 2. The Balaban J connectivity index is 2.72. The minimum Gasteiger partial charge on any atom is -0.382 e. The van der Waals surface area contributed by atoms with Crippen molar-refractivity contribution in [1.82, 2.24) is 9.97 Å². The zero-order valence-electron chi connectivity index (χ0n) is 9.16. The van der Waals surface area contributed by atoms with E-state index >= 15 is 0 Å². The van der Waals surface area contributed by atoms with Gasteiger partial charge in [-0.2, -0.15) is 0 Å². The molecule has 3 nitrogen and oxygen atoms in total. The number of benzene rings is 1. The smallest absolute Gasteiger partial charge is 0.142 e. The molecule has 0 saturated carbocycles. The van der Waals surface area contributed by atoms with Crippen LogP contribution in [0.25, 0.3) is 11.3 Å². The number of nitrogen functional groups attached to an aromatic ring is 1. The Morgan fingerprint density at radius 3 is 2.44 bits per heavy atom. The van der Waals surface area contributed by atoms with Gasteiger partial charge in [0.1, 0.15) is 16.1 Å². The van der Waals surface area contributed by atoms with Gasteiger partial charge in [0.2, 0.25) is 0 Å². The normalized spacial score (nSPS) is 10.4. The van der Waals surface area contributed by atoms with Gasteiger partial charge in [0.25, 0.3) is 0 Å². The largest absolute Gasteiger partial charge is 0.382 e. The highest BCUT2D eigenvalue weighted by Gasteiger charge is 2.11. The molecule has 0 spiro atoms. The number of anilines is 1. The summed E-state index contributed by atoms with van der Waals surface area (Å²) in [6.45, 7) is 4.11. The number of hydrogen-bond donors (Lipinski definition) is 1. The van der Waals surface area contributed by atoms with E-state index in [-0.39, 0.29) is 0 Å². The zero-order valence-corrected chi connectivity index (χ0v) is 10.7. The molecule has 16 heavy (non-hydrogen) atoms. The quantitative estimate of drug-likeness (QED) is 0.872. The molecule has 2 rings (SSSR count). The van der Waals surface area contributed by atoms with Crippen molar-refractivity contribution in [3.8, 4) is 11.3 Å². The van der Waals surface area contributed by atoms with Gasteiger partial charge >= 0.3 is 0 Å². The van der Waals surface area contributed by atoms with Crippen LogP contribution in [0.3, 0.4) is 0 Å². The molecule has 0 amide bonds. The van der Waals surface area contributed by atoms with Crippen molar-refractivity contribution in [3.05, 3.63) is 40.1 Å². The first-order valence-corrected chi connectivity index (χ1v) is 5.73. The molecular weight excluding hydrogens is 266 g/mol. The van der Waals surface area contributed by atoms with Gasteiger partial charge in [-0.1, -0.05) is 18.2 Å². The maximum Gasteiger partial charge on any atom is 0.142 e. The molecule has 0 bridgehead atoms. The second kappa shape index (κ2) is 4.22. The highest BCUT2D eigenvalue weighted by Crippen LogP contribution is 2.30. The molecule has 1 aromatic heterocycles. The van der Waals surface area contributed by atoms with Crippen molar-refractivity contribution in [2.24, 2.45) is 0 Å². The van der Waals surface area contributed by atoms with E-state index in [4.69, 9.17) is 5.73 Å². The van der Waals surface area contributed by atoms with E-state index in [0.717, 1.165) is 15.9 Å². The summed E-state index contributed by atoms with van der Waals surface area (Å²) in [5.41, 5.74) is 9.90. The van der Waals surface area contributed by atoms with Crippen LogP contribution in [0.4, 0.5) is 5.82 Å². The summed E-state index contributed by atoms with van der Waals surface area (Å²) in [7, 11) is 0. The number of aromatic nitrogens is 2. The Morgan fingerprint density at radius 2 is 1.81 bits per heavy atom. The third-order valence-corrected chi connectivity index (χ3v) is 3.04. The molecule has 82 valence electrons. The van der Waals surface area contributed by atoms with Gasteiger partial charge in [0, 0.05) is 5.56 Å². The predicted molar refractivity (Wildman–Crippen MR) is 69.1 cm³/mol. The Morgan fingerprint density at radius 1 is 1.19 bits per heavy atom. The zero-order chi connectivity index (χ0) is 11.7. The van der Waals surface area contributed by atoms with E-state index in [1.807, 2.05) is 6.07 Å². The molecule has 0 radical (unpaired) electrons. The van der Waals surface area contributed by atoms with Crippen LogP contribution >= 0.6 is 15.9 Å². The molecule has 0 aliphatic heterocycles. The first kappa shape index (κ1) is 11.1. The molecule has 1 heterocycles. The van der Waals surface area contributed by atoms with Gasteiger partial charge in [-0.25, -0.2) is 9.97 Å². The molecule has 1 aromatic carbocycles. The number of nitrogens with zero attached hydrogens (tertiary/aromatic N) is 2. The monoisotopic (exact) mass is 277 g/mol. The average Bonchev–Trinajstić information content (AvgIpc) is 2.23. The predicted octanol–water partition coefficient (Wildman–Crippen LogP) is 3.11. The van der Waals surface area contributed by atoms with E-state index in [1.165, 1.54) is 11.1 Å². The summed E-state index contributed by atoms with van der Waals surface area (Å²) < 4.78 is 0.721. The van der Waals surface area contributed by atoms with Crippen LogP contribution in [-0.4, -0.2) is 9.97 Å². The number of rotatable bonds is 1. The summed E-state index contributed by atoms with van der Waals surface area (Å²) in [6, 6.07) is 6.14. The van der Waals surface area contributed by atoms with Crippen molar-refractivity contribution in [1.29, 1.82) is 0 Å². The molecule has 0 atom stereocenters. The first-order chi connectivity index (χ1) is 7.59. The molecule has 2 aromatic rings. The fraction of sp³-hybridized carbons (Fsp3) is 0.167. The summed E-state index contributed by atoms with van der Waals surface area (Å²) in [5.74, 6) is 0.431. The van der Waals surface area contributed by atoms with E-state index < -0.39 is 0 Å². The van der Waals surface area contributed by atoms with Crippen LogP contribution in [0.15, 0.2) is 29.0 Å². The van der Waals surface area contributed by atoms with Crippen LogP contribution in [0, 0.1) is 13.8 Å². The maximum atomic E-state index is 5.67. The van der Waals surface area contributed by atoms with Crippen molar-refractivity contribution >= 4 is 21.7 Å². The van der Waals surface area contributed by atoms with Crippen molar-refractivity contribution in [2.45, 2.75) is 13.8 Å². The molecule has 0 unspecified atom stereocenters. The Labute approximate surface area is 103 Å². The Bertz CT molecular complexity index is 518. The van der Waals surface area contributed by atoms with E-state index in [0.29, 0.717) is 5.82 Å². The van der Waals surface area contributed by atoms with Crippen molar-refractivity contribution in [3.63, 3.8) is 0 Å². The molecule has 4 heteroatoms. The van der Waals surface area contributed by atoms with Crippen LogP contribution in [-0.2, 0) is 0 Å². The molecule has 2 N–H and O–H groups in total. The summed E-state index contributed by atoms with van der Waals surface area (Å²) in [6.07, 6.45) is 1.54. The summed E-state index contributed by atoms with van der Waals surface area (Å²) in [4.78, 5) is 8.50. The molecule has 0 aliphatic rings. The number of halogens is 1. The minimum atomic E-state index is 0.431. The Hall–Kier alpha value is -1.42. The second-order valence-corrected chi connectivity index (χ2v) is 4.45. The summed E-state index contributed by atoms with van der Waals surface area (Å²) in [5, 5.41) is 0. The maximum absolute atomic E-state index is 5.67. The van der Waals surface area contributed by atoms with Gasteiger partial charge in [-0.3, -0.25) is 0 Å². The van der Waals surface area contributed by atoms with E-state index in [1.54, 1.807) is 6.20 Å².